The van der Waals surface area contributed by atoms with E-state index in [2.05, 4.69) is 21.4 Å². The van der Waals surface area contributed by atoms with Crippen LogP contribution in [-0.4, -0.2) is 117 Å². The number of aliphatic imine (C=N–C) groups is 2. The molecule has 6 aliphatic heterocycles. The molecule has 16 nitrogen and oxygen atoms in total. The highest BCUT2D eigenvalue weighted by Crippen LogP contribution is 2.49. The summed E-state index contributed by atoms with van der Waals surface area (Å²) >= 11 is 0. The number of rotatable bonds is 12. The first-order chi connectivity index (χ1) is 27.5. The van der Waals surface area contributed by atoms with Crippen molar-refractivity contribution in [2.75, 3.05) is 32.8 Å². The molecular weight excluding hydrogens is 738 g/mol. The molecule has 7 aliphatic rings. The second-order valence-corrected chi connectivity index (χ2v) is 16.2. The van der Waals surface area contributed by atoms with Gasteiger partial charge in [0, 0.05) is 55.9 Å². The maximum absolute atomic E-state index is 13.5. The van der Waals surface area contributed by atoms with Crippen molar-refractivity contribution in [3.05, 3.63) is 94.4 Å². The molecule has 0 saturated carbocycles. The van der Waals surface area contributed by atoms with Crippen molar-refractivity contribution in [3.63, 3.8) is 0 Å². The molecule has 8 N–H and O–H groups in total. The van der Waals surface area contributed by atoms with Crippen LogP contribution in [0.25, 0.3) is 11.0 Å². The highest BCUT2D eigenvalue weighted by molar-refractivity contribution is 6.07. The van der Waals surface area contributed by atoms with Crippen molar-refractivity contribution in [1.82, 2.24) is 5.32 Å². The van der Waals surface area contributed by atoms with Crippen molar-refractivity contribution in [2.24, 2.45) is 21.8 Å². The second kappa shape index (κ2) is 14.6. The quantitative estimate of drug-likeness (QED) is 0.0677. The van der Waals surface area contributed by atoms with E-state index in [0.29, 0.717) is 71.0 Å². The van der Waals surface area contributed by atoms with Crippen molar-refractivity contribution < 1.29 is 59.1 Å². The molecule has 11 atom stereocenters. The molecule has 1 aliphatic carbocycles. The lowest BCUT2D eigenvalue weighted by Crippen LogP contribution is -3.13. The number of nitrogens with zero attached hydrogens (tertiary/aromatic N) is 2. The summed E-state index contributed by atoms with van der Waals surface area (Å²) < 4.78 is 13.5. The van der Waals surface area contributed by atoms with Crippen molar-refractivity contribution >= 4 is 34.0 Å². The molecule has 1 aromatic heterocycles. The van der Waals surface area contributed by atoms with Gasteiger partial charge in [-0.2, -0.15) is 0 Å². The molecule has 16 heteroatoms. The Kier molecular flexibility index (Phi) is 9.74. The van der Waals surface area contributed by atoms with Crippen LogP contribution in [0.1, 0.15) is 30.6 Å². The Morgan fingerprint density at radius 3 is 2.77 bits per heavy atom. The average molecular weight is 786 g/mol. The number of carbonyl (C=O) groups excluding carboxylic acids is 1. The summed E-state index contributed by atoms with van der Waals surface area (Å²) in [5.41, 5.74) is 0.796. The van der Waals surface area contributed by atoms with Gasteiger partial charge in [0.1, 0.15) is 73.1 Å². The molecule has 300 valence electrons. The lowest BCUT2D eigenvalue weighted by atomic mass is 9.71. The van der Waals surface area contributed by atoms with Gasteiger partial charge in [-0.15, -0.1) is 0 Å². The fraction of sp³-hybridized carbons (Fsp3) is 0.463. The number of aliphatic hydroxyl groups excluding tert-OH is 4. The van der Waals surface area contributed by atoms with Gasteiger partial charge >= 0.3 is 0 Å². The third-order valence-corrected chi connectivity index (χ3v) is 12.6. The number of nitrogens with one attached hydrogen (secondary N) is 3. The molecule has 0 bridgehead atoms. The largest absolute Gasteiger partial charge is 0.477 e. The highest BCUT2D eigenvalue weighted by atomic mass is 17.2. The number of amides is 1. The summed E-state index contributed by atoms with van der Waals surface area (Å²) in [6, 6.07) is 2.96. The summed E-state index contributed by atoms with van der Waals surface area (Å²) in [7, 11) is 0. The zero-order valence-corrected chi connectivity index (χ0v) is 31.3. The van der Waals surface area contributed by atoms with Crippen molar-refractivity contribution in [3.8, 4) is 5.75 Å². The van der Waals surface area contributed by atoms with Crippen LogP contribution in [-0.2, 0) is 21.0 Å². The summed E-state index contributed by atoms with van der Waals surface area (Å²) in [6.07, 6.45) is 12.0. The van der Waals surface area contributed by atoms with E-state index in [0.717, 1.165) is 21.9 Å². The minimum absolute atomic E-state index is 0.0138. The number of hydrogen-bond donors (Lipinski definition) is 8. The molecule has 7 heterocycles. The van der Waals surface area contributed by atoms with Crippen LogP contribution in [0.2, 0.25) is 0 Å². The Morgan fingerprint density at radius 1 is 1.12 bits per heavy atom. The number of hydrogen-bond acceptors (Lipinski definition) is 13. The van der Waals surface area contributed by atoms with Gasteiger partial charge in [-0.3, -0.25) is 29.4 Å². The lowest BCUT2D eigenvalue weighted by molar-refractivity contribution is -0.861. The lowest BCUT2D eigenvalue weighted by Gasteiger charge is -2.47. The van der Waals surface area contributed by atoms with Crippen LogP contribution >= 0.6 is 0 Å². The van der Waals surface area contributed by atoms with Crippen LogP contribution < -0.4 is 25.3 Å². The fourth-order valence-electron chi connectivity index (χ4n) is 9.44. The highest BCUT2D eigenvalue weighted by Gasteiger charge is 2.54. The van der Waals surface area contributed by atoms with E-state index in [1.54, 1.807) is 37.7 Å². The molecule has 2 aromatic rings. The first kappa shape index (κ1) is 37.9. The zero-order valence-electron chi connectivity index (χ0n) is 31.3. The van der Waals surface area contributed by atoms with Gasteiger partial charge in [-0.25, -0.2) is 9.78 Å². The SMILES string of the molecule is Cc1cc(=O)c2cc3c(c([NH+]4C=C5C=CN=C5C4)c2o1)O[C@]1(CC=C[C@@H]([C@H]2CNC(=O)C2)C1)[C@H](OOC[C@H](O)[C@](O)(C[NH+]1C=CC2=NC=CC21)[C@H](O)[C@H](O)CO)C3. The van der Waals surface area contributed by atoms with Crippen molar-refractivity contribution in [1.29, 1.82) is 0 Å². The molecule has 1 saturated heterocycles. The van der Waals surface area contributed by atoms with E-state index in [1.807, 2.05) is 24.4 Å². The van der Waals surface area contributed by atoms with Gasteiger partial charge in [-0.1, -0.05) is 12.2 Å². The maximum Gasteiger partial charge on any atom is 0.222 e. The molecule has 1 aromatic carbocycles. The number of aryl methyl sites for hydroxylation is 1. The normalized spacial score (nSPS) is 32.0. The van der Waals surface area contributed by atoms with Gasteiger partial charge in [0.05, 0.1) is 23.8 Å². The summed E-state index contributed by atoms with van der Waals surface area (Å²) in [6.45, 7) is 1.02. The number of benzene rings is 1. The Morgan fingerprint density at radius 2 is 1.98 bits per heavy atom. The van der Waals surface area contributed by atoms with E-state index < -0.39 is 48.8 Å². The Hall–Kier alpha value is -4.62. The first-order valence-electron chi connectivity index (χ1n) is 19.4. The molecule has 1 fully saturated rings. The topological polar surface area (TPSA) is 222 Å². The maximum atomic E-state index is 13.5. The summed E-state index contributed by atoms with van der Waals surface area (Å²) in [4.78, 5) is 48.2. The predicted molar refractivity (Wildman–Crippen MR) is 204 cm³/mol. The van der Waals surface area contributed by atoms with Crippen LogP contribution in [0, 0.1) is 18.8 Å². The number of allylic oxidation sites excluding steroid dienone is 2. The number of carbonyl (C=O) groups is 1. The molecule has 57 heavy (non-hydrogen) atoms. The second-order valence-electron chi connectivity index (χ2n) is 16.2. The first-order valence-corrected chi connectivity index (χ1v) is 19.4. The van der Waals surface area contributed by atoms with Crippen LogP contribution in [0.3, 0.4) is 0 Å². The molecule has 3 unspecified atom stereocenters. The van der Waals surface area contributed by atoms with Gasteiger partial charge in [0.15, 0.2) is 22.8 Å². The number of quaternary nitrogens is 2. The average Bonchev–Trinajstić information content (AvgIpc) is 4.04. The number of ether oxygens (including phenoxy) is 1. The molecule has 1 amide bonds. The van der Waals surface area contributed by atoms with Gasteiger partial charge in [0.25, 0.3) is 0 Å². The van der Waals surface area contributed by atoms with E-state index in [9.17, 15) is 35.1 Å². The Balaban J connectivity index is 1.05. The van der Waals surface area contributed by atoms with Crippen LogP contribution in [0.4, 0.5) is 5.69 Å². The van der Waals surface area contributed by atoms with E-state index in [1.165, 1.54) is 6.07 Å². The minimum Gasteiger partial charge on any atom is -0.477 e. The molecule has 1 spiro atoms. The summed E-state index contributed by atoms with van der Waals surface area (Å²) in [5, 5.41) is 58.0. The standard InChI is InChI=1S/C41H45N5O11/c1-22-11-31(48)27-12-25-13-34(57-54-20-33(50)41(53,39(52)32(49)19-47)21-45-10-6-28-30(45)5-9-42-28)40(7-2-3-23(15-40)26-14-35(51)44-16-26)56-37(25)36(38(27)55-22)46-17-24-4-8-43-29(24)18-46/h2-6,8-12,17,23,26,30,32-34,39,47,49-50,52-53H,7,13-16,18-21H2,1H3,(H,44,51)/p+2/t23-,26-,30?,32-,33+,34-,39-,40+,41-/m1/s1. The Labute approximate surface area is 327 Å². The zero-order chi connectivity index (χ0) is 39.6. The predicted octanol–water partition coefficient (Wildman–Crippen LogP) is -1.87. The van der Waals surface area contributed by atoms with E-state index in [-0.39, 0.29) is 42.2 Å². The molecule has 9 rings (SSSR count). The van der Waals surface area contributed by atoms with Gasteiger partial charge < -0.3 is 40.0 Å². The molecular formula is C41H47N5O11+2. The number of aliphatic hydroxyl groups is 5. The summed E-state index contributed by atoms with van der Waals surface area (Å²) in [5.74, 6) is 0.964. The minimum atomic E-state index is -2.37. The van der Waals surface area contributed by atoms with Gasteiger partial charge in [0.2, 0.25) is 17.2 Å². The number of fused-ring (bicyclic) bond motifs is 4. The van der Waals surface area contributed by atoms with E-state index >= 15 is 0 Å². The molecule has 0 radical (unpaired) electrons. The van der Waals surface area contributed by atoms with Crippen LogP contribution in [0.15, 0.2) is 92.1 Å². The van der Waals surface area contributed by atoms with Crippen LogP contribution in [0.5, 0.6) is 5.75 Å². The third kappa shape index (κ3) is 6.64. The van der Waals surface area contributed by atoms with E-state index in [4.69, 9.17) is 18.9 Å². The van der Waals surface area contributed by atoms with Gasteiger partial charge in [-0.05, 0) is 43.4 Å². The smallest absolute Gasteiger partial charge is 0.222 e. The van der Waals surface area contributed by atoms with Crippen molar-refractivity contribution in [2.45, 2.75) is 74.3 Å². The fourth-order valence-corrected chi connectivity index (χ4v) is 9.44. The third-order valence-electron chi connectivity index (χ3n) is 12.6. The monoisotopic (exact) mass is 785 g/mol. The Bertz CT molecular complexity index is 2260.